The third-order valence-corrected chi connectivity index (χ3v) is 3.31. The number of carbonyl (C=O) groups excluding carboxylic acids is 2. The van der Waals surface area contributed by atoms with Gasteiger partial charge in [-0.25, -0.2) is 0 Å². The fourth-order valence-corrected chi connectivity index (χ4v) is 2.09. The van der Waals surface area contributed by atoms with Crippen LogP contribution in [0.25, 0.3) is 0 Å². The number of esters is 2. The third-order valence-electron chi connectivity index (χ3n) is 3.31. The van der Waals surface area contributed by atoms with E-state index in [1.807, 2.05) is 6.08 Å². The van der Waals surface area contributed by atoms with Crippen molar-refractivity contribution in [2.75, 3.05) is 13.2 Å². The van der Waals surface area contributed by atoms with Crippen LogP contribution >= 0.6 is 0 Å². The molecule has 0 heterocycles. The number of carbonyl (C=O) groups is 2. The van der Waals surface area contributed by atoms with Crippen LogP contribution in [-0.4, -0.2) is 25.2 Å². The third kappa shape index (κ3) is 11.1. The smallest absolute Gasteiger partial charge is 0.309 e. The predicted octanol–water partition coefficient (Wildman–Crippen LogP) is 4.20. The minimum absolute atomic E-state index is 0.106. The molecule has 0 fully saturated rings. The number of unbranched alkanes of at least 4 members (excludes halogenated alkanes) is 4. The summed E-state index contributed by atoms with van der Waals surface area (Å²) in [7, 11) is 0. The lowest BCUT2D eigenvalue weighted by atomic mass is 9.97. The quantitative estimate of drug-likeness (QED) is 0.274. The first-order valence-electron chi connectivity index (χ1n) is 8.19. The van der Waals surface area contributed by atoms with E-state index in [4.69, 9.17) is 9.47 Å². The van der Waals surface area contributed by atoms with E-state index in [1.165, 1.54) is 0 Å². The first kappa shape index (κ1) is 20.4. The second kappa shape index (κ2) is 14.4. The monoisotopic (exact) mass is 310 g/mol. The van der Waals surface area contributed by atoms with Gasteiger partial charge in [-0.3, -0.25) is 9.59 Å². The Morgan fingerprint density at radius 2 is 1.68 bits per heavy atom. The van der Waals surface area contributed by atoms with Gasteiger partial charge in [-0.2, -0.15) is 0 Å². The summed E-state index contributed by atoms with van der Waals surface area (Å²) in [6.07, 6.45) is 10.0. The topological polar surface area (TPSA) is 52.6 Å². The molecule has 4 heteroatoms. The molecule has 0 aliphatic heterocycles. The van der Waals surface area contributed by atoms with Gasteiger partial charge in [0.2, 0.25) is 0 Å². The van der Waals surface area contributed by atoms with E-state index in [1.54, 1.807) is 13.0 Å². The van der Waals surface area contributed by atoms with E-state index < -0.39 is 5.92 Å². The first-order valence-corrected chi connectivity index (χ1v) is 8.19. The maximum atomic E-state index is 11.9. The molecular formula is C18H30O4. The van der Waals surface area contributed by atoms with Crippen molar-refractivity contribution in [3.63, 3.8) is 0 Å². The summed E-state index contributed by atoms with van der Waals surface area (Å²) in [5.41, 5.74) is 0. The van der Waals surface area contributed by atoms with Gasteiger partial charge >= 0.3 is 11.9 Å². The van der Waals surface area contributed by atoms with Crippen molar-refractivity contribution in [1.82, 2.24) is 0 Å². The van der Waals surface area contributed by atoms with Gasteiger partial charge in [0.1, 0.15) is 0 Å². The summed E-state index contributed by atoms with van der Waals surface area (Å²) in [6.45, 7) is 9.78. The summed E-state index contributed by atoms with van der Waals surface area (Å²) >= 11 is 0. The van der Waals surface area contributed by atoms with Crippen molar-refractivity contribution in [1.29, 1.82) is 0 Å². The Balaban J connectivity index is 4.15. The van der Waals surface area contributed by atoms with Gasteiger partial charge in [0, 0.05) is 0 Å². The fraction of sp³-hybridized carbons (Fsp3) is 0.667. The van der Waals surface area contributed by atoms with E-state index in [9.17, 15) is 9.59 Å². The van der Waals surface area contributed by atoms with Gasteiger partial charge in [-0.05, 0) is 39.0 Å². The number of ether oxygens (including phenoxy) is 2. The highest BCUT2D eigenvalue weighted by molar-refractivity contribution is 5.79. The van der Waals surface area contributed by atoms with Crippen LogP contribution in [0.2, 0.25) is 0 Å². The van der Waals surface area contributed by atoms with Gasteiger partial charge in [0.15, 0.2) is 0 Å². The van der Waals surface area contributed by atoms with Crippen LogP contribution in [-0.2, 0) is 19.1 Å². The molecule has 0 aliphatic carbocycles. The molecule has 0 amide bonds. The van der Waals surface area contributed by atoms with Crippen LogP contribution in [0.4, 0.5) is 0 Å². The fourth-order valence-electron chi connectivity index (χ4n) is 2.09. The molecule has 0 aromatic carbocycles. The lowest BCUT2D eigenvalue weighted by Gasteiger charge is -2.15. The molecule has 1 atom stereocenters. The zero-order valence-corrected chi connectivity index (χ0v) is 13.9. The molecule has 0 unspecified atom stereocenters. The van der Waals surface area contributed by atoms with Crippen molar-refractivity contribution in [3.8, 4) is 0 Å². The Morgan fingerprint density at radius 3 is 2.32 bits per heavy atom. The van der Waals surface area contributed by atoms with Crippen LogP contribution in [0.1, 0.15) is 58.3 Å². The molecule has 0 saturated carbocycles. The van der Waals surface area contributed by atoms with E-state index in [2.05, 4.69) is 13.2 Å². The normalized spacial score (nSPS) is 11.5. The van der Waals surface area contributed by atoms with Crippen molar-refractivity contribution >= 4 is 11.9 Å². The molecule has 0 N–H and O–H groups in total. The summed E-state index contributed by atoms with van der Waals surface area (Å²) in [6, 6.07) is 0. The van der Waals surface area contributed by atoms with Crippen LogP contribution in [0.5, 0.6) is 0 Å². The van der Waals surface area contributed by atoms with Crippen LogP contribution in [0.3, 0.4) is 0 Å². The molecule has 22 heavy (non-hydrogen) atoms. The highest BCUT2D eigenvalue weighted by Gasteiger charge is 2.23. The predicted molar refractivity (Wildman–Crippen MR) is 88.4 cm³/mol. The second-order valence-electron chi connectivity index (χ2n) is 5.23. The molecule has 0 radical (unpaired) electrons. The lowest BCUT2D eigenvalue weighted by molar-refractivity contribution is -0.155. The summed E-state index contributed by atoms with van der Waals surface area (Å²) < 4.78 is 10.2. The van der Waals surface area contributed by atoms with Crippen molar-refractivity contribution < 1.29 is 19.1 Å². The van der Waals surface area contributed by atoms with Crippen molar-refractivity contribution in [2.24, 2.45) is 5.92 Å². The number of allylic oxidation sites excluding steroid dienone is 2. The number of hydrogen-bond acceptors (Lipinski definition) is 4. The minimum Gasteiger partial charge on any atom is -0.466 e. The zero-order valence-electron chi connectivity index (χ0n) is 13.9. The minimum atomic E-state index is -0.393. The molecule has 0 bridgehead atoms. The second-order valence-corrected chi connectivity index (χ2v) is 5.23. The first-order chi connectivity index (χ1) is 10.7. The molecule has 0 aliphatic rings. The SMILES string of the molecule is C=CCCCCC[C@H](CC(=O)OCCCC=C)C(=O)OCC. The molecule has 4 nitrogen and oxygen atoms in total. The van der Waals surface area contributed by atoms with Gasteiger partial charge in [0.25, 0.3) is 0 Å². The average Bonchev–Trinajstić information content (AvgIpc) is 2.50. The molecule has 0 rings (SSSR count). The van der Waals surface area contributed by atoms with Gasteiger partial charge < -0.3 is 9.47 Å². The number of rotatable bonds is 14. The average molecular weight is 310 g/mol. The van der Waals surface area contributed by atoms with Gasteiger partial charge in [-0.15, -0.1) is 13.2 Å². The molecule has 0 aromatic heterocycles. The Kier molecular flexibility index (Phi) is 13.3. The van der Waals surface area contributed by atoms with E-state index in [0.717, 1.165) is 38.5 Å². The maximum absolute atomic E-state index is 11.9. The van der Waals surface area contributed by atoms with Crippen LogP contribution in [0.15, 0.2) is 25.3 Å². The molecule has 0 saturated heterocycles. The standard InChI is InChI=1S/C18H30O4/c1-4-7-9-10-11-13-16(18(20)21-6-3)15-17(19)22-14-12-8-5-2/h4-5,16H,1-2,6-15H2,3H3/t16-/m1/s1. The lowest BCUT2D eigenvalue weighted by Crippen LogP contribution is -2.22. The highest BCUT2D eigenvalue weighted by atomic mass is 16.5. The maximum Gasteiger partial charge on any atom is 0.309 e. The van der Waals surface area contributed by atoms with Crippen LogP contribution in [0, 0.1) is 5.92 Å². The Labute approximate surface area is 134 Å². The van der Waals surface area contributed by atoms with E-state index >= 15 is 0 Å². The number of hydrogen-bond donors (Lipinski definition) is 0. The Bertz CT molecular complexity index is 336. The van der Waals surface area contributed by atoms with E-state index in [-0.39, 0.29) is 18.4 Å². The summed E-state index contributed by atoms with van der Waals surface area (Å²) in [5, 5.41) is 0. The van der Waals surface area contributed by atoms with E-state index in [0.29, 0.717) is 19.6 Å². The molecular weight excluding hydrogens is 280 g/mol. The summed E-state index contributed by atoms with van der Waals surface area (Å²) in [4.78, 5) is 23.7. The van der Waals surface area contributed by atoms with Crippen molar-refractivity contribution in [3.05, 3.63) is 25.3 Å². The molecule has 126 valence electrons. The van der Waals surface area contributed by atoms with Crippen LogP contribution < -0.4 is 0 Å². The largest absolute Gasteiger partial charge is 0.466 e. The van der Waals surface area contributed by atoms with Gasteiger partial charge in [0.05, 0.1) is 25.6 Å². The molecule has 0 spiro atoms. The Morgan fingerprint density at radius 1 is 1.00 bits per heavy atom. The van der Waals surface area contributed by atoms with Crippen molar-refractivity contribution in [2.45, 2.75) is 58.3 Å². The van der Waals surface area contributed by atoms with Gasteiger partial charge in [-0.1, -0.05) is 25.0 Å². The Hall–Kier alpha value is -1.58. The zero-order chi connectivity index (χ0) is 16.6. The molecule has 0 aromatic rings. The highest BCUT2D eigenvalue weighted by Crippen LogP contribution is 2.17. The summed E-state index contributed by atoms with van der Waals surface area (Å²) in [5.74, 6) is -1.02.